The molecule has 1 saturated heterocycles. The van der Waals surface area contributed by atoms with Gasteiger partial charge in [-0.1, -0.05) is 12.1 Å². The van der Waals surface area contributed by atoms with Crippen LogP contribution in [0.25, 0.3) is 0 Å². The van der Waals surface area contributed by atoms with E-state index in [1.165, 1.54) is 6.07 Å². The molecule has 2 unspecified atom stereocenters. The maximum atomic E-state index is 12.9. The molecule has 1 N–H and O–H groups in total. The van der Waals surface area contributed by atoms with Gasteiger partial charge in [-0.3, -0.25) is 5.32 Å². The van der Waals surface area contributed by atoms with Gasteiger partial charge in [0, 0.05) is 13.0 Å². The van der Waals surface area contributed by atoms with Gasteiger partial charge in [-0.15, -0.1) is 0 Å². The predicted octanol–water partition coefficient (Wildman–Crippen LogP) is 1.70. The smallest absolute Gasteiger partial charge is 0.123 e. The Hall–Kier alpha value is -0.930. The van der Waals surface area contributed by atoms with E-state index in [4.69, 9.17) is 4.74 Å². The molecule has 1 aliphatic rings. The molecule has 2 atom stereocenters. The van der Waals surface area contributed by atoms with Crippen LogP contribution in [0.15, 0.2) is 24.3 Å². The van der Waals surface area contributed by atoms with Crippen LogP contribution in [0.5, 0.6) is 0 Å². The zero-order chi connectivity index (χ0) is 9.97. The number of hydrogen-bond acceptors (Lipinski definition) is 2. The summed E-state index contributed by atoms with van der Waals surface area (Å²) in [6.07, 6.45) is 1.02. The van der Waals surface area contributed by atoms with Gasteiger partial charge in [0.1, 0.15) is 12.0 Å². The SMILES string of the molecule is CC1CNC(Cc2cccc(F)c2)O1. The quantitative estimate of drug-likeness (QED) is 0.775. The van der Waals surface area contributed by atoms with Gasteiger partial charge in [0.05, 0.1) is 6.10 Å². The number of halogens is 1. The zero-order valence-corrected chi connectivity index (χ0v) is 8.16. The highest BCUT2D eigenvalue weighted by Crippen LogP contribution is 2.11. The molecule has 0 saturated carbocycles. The van der Waals surface area contributed by atoms with Crippen LogP contribution in [-0.2, 0) is 11.2 Å². The second kappa shape index (κ2) is 4.07. The van der Waals surface area contributed by atoms with Gasteiger partial charge in [-0.25, -0.2) is 4.39 Å². The number of rotatable bonds is 2. The van der Waals surface area contributed by atoms with Crippen LogP contribution in [0.4, 0.5) is 4.39 Å². The van der Waals surface area contributed by atoms with E-state index in [1.54, 1.807) is 12.1 Å². The second-order valence-corrected chi connectivity index (χ2v) is 3.68. The first-order valence-corrected chi connectivity index (χ1v) is 4.87. The fourth-order valence-electron chi connectivity index (χ4n) is 1.67. The van der Waals surface area contributed by atoms with Crippen molar-refractivity contribution in [3.63, 3.8) is 0 Å². The van der Waals surface area contributed by atoms with Crippen LogP contribution < -0.4 is 5.32 Å². The van der Waals surface area contributed by atoms with Crippen LogP contribution in [0.1, 0.15) is 12.5 Å². The minimum absolute atomic E-state index is 0.0341. The molecule has 0 aromatic heterocycles. The second-order valence-electron chi connectivity index (χ2n) is 3.68. The minimum Gasteiger partial charge on any atom is -0.359 e. The molecule has 2 nitrogen and oxygen atoms in total. The van der Waals surface area contributed by atoms with E-state index in [0.717, 1.165) is 18.5 Å². The van der Waals surface area contributed by atoms with E-state index in [2.05, 4.69) is 5.32 Å². The molecule has 0 bridgehead atoms. The minimum atomic E-state index is -0.187. The summed E-state index contributed by atoms with van der Waals surface area (Å²) in [5, 5.41) is 3.23. The van der Waals surface area contributed by atoms with Gasteiger partial charge < -0.3 is 4.74 Å². The third-order valence-corrected chi connectivity index (χ3v) is 2.34. The molecule has 1 aromatic carbocycles. The van der Waals surface area contributed by atoms with Crippen molar-refractivity contribution in [1.29, 1.82) is 0 Å². The monoisotopic (exact) mass is 195 g/mol. The van der Waals surface area contributed by atoms with Crippen molar-refractivity contribution in [3.8, 4) is 0 Å². The molecule has 0 spiro atoms. The fraction of sp³-hybridized carbons (Fsp3) is 0.455. The van der Waals surface area contributed by atoms with Crippen molar-refractivity contribution in [2.24, 2.45) is 0 Å². The van der Waals surface area contributed by atoms with Gasteiger partial charge in [0.2, 0.25) is 0 Å². The van der Waals surface area contributed by atoms with Crippen molar-refractivity contribution >= 4 is 0 Å². The maximum absolute atomic E-state index is 12.9. The van der Waals surface area contributed by atoms with Crippen molar-refractivity contribution in [2.45, 2.75) is 25.7 Å². The number of benzene rings is 1. The lowest BCUT2D eigenvalue weighted by molar-refractivity contribution is 0.0520. The van der Waals surface area contributed by atoms with Gasteiger partial charge in [0.15, 0.2) is 0 Å². The molecule has 1 aliphatic heterocycles. The molecule has 3 heteroatoms. The maximum Gasteiger partial charge on any atom is 0.123 e. The Kier molecular flexibility index (Phi) is 2.79. The van der Waals surface area contributed by atoms with Crippen LogP contribution >= 0.6 is 0 Å². The third-order valence-electron chi connectivity index (χ3n) is 2.34. The highest BCUT2D eigenvalue weighted by atomic mass is 19.1. The van der Waals surface area contributed by atoms with E-state index in [0.29, 0.717) is 0 Å². The summed E-state index contributed by atoms with van der Waals surface area (Å²) in [6.45, 7) is 2.90. The number of nitrogens with one attached hydrogen (secondary N) is 1. The molecule has 0 radical (unpaired) electrons. The number of hydrogen-bond donors (Lipinski definition) is 1. The molecule has 1 aromatic rings. The normalized spacial score (nSPS) is 26.7. The average molecular weight is 195 g/mol. The summed E-state index contributed by atoms with van der Waals surface area (Å²) >= 11 is 0. The third kappa shape index (κ3) is 2.30. The molecule has 0 aliphatic carbocycles. The van der Waals surface area contributed by atoms with Gasteiger partial charge in [-0.05, 0) is 24.6 Å². The standard InChI is InChI=1S/C11H14FNO/c1-8-7-13-11(14-8)6-9-3-2-4-10(12)5-9/h2-5,8,11,13H,6-7H2,1H3. The summed E-state index contributed by atoms with van der Waals surface area (Å²) in [5.74, 6) is -0.187. The van der Waals surface area contributed by atoms with Crippen LogP contribution in [0.2, 0.25) is 0 Å². The molecule has 1 heterocycles. The lowest BCUT2D eigenvalue weighted by atomic mass is 10.1. The van der Waals surface area contributed by atoms with E-state index in [-0.39, 0.29) is 18.1 Å². The highest BCUT2D eigenvalue weighted by molar-refractivity contribution is 5.17. The van der Waals surface area contributed by atoms with Crippen LogP contribution in [0.3, 0.4) is 0 Å². The lowest BCUT2D eigenvalue weighted by Gasteiger charge is -2.10. The van der Waals surface area contributed by atoms with Gasteiger partial charge in [-0.2, -0.15) is 0 Å². The van der Waals surface area contributed by atoms with Crippen molar-refractivity contribution < 1.29 is 9.13 Å². The van der Waals surface area contributed by atoms with E-state index in [9.17, 15) is 4.39 Å². The lowest BCUT2D eigenvalue weighted by Crippen LogP contribution is -2.24. The van der Waals surface area contributed by atoms with Gasteiger partial charge in [0.25, 0.3) is 0 Å². The van der Waals surface area contributed by atoms with E-state index < -0.39 is 0 Å². The molecule has 14 heavy (non-hydrogen) atoms. The van der Waals surface area contributed by atoms with Crippen LogP contribution in [0, 0.1) is 5.82 Å². The first-order chi connectivity index (χ1) is 6.74. The molecular weight excluding hydrogens is 181 g/mol. The summed E-state index contributed by atoms with van der Waals surface area (Å²) < 4.78 is 18.4. The van der Waals surface area contributed by atoms with E-state index >= 15 is 0 Å². The first-order valence-electron chi connectivity index (χ1n) is 4.87. The Balaban J connectivity index is 1.97. The van der Waals surface area contributed by atoms with Crippen molar-refractivity contribution in [1.82, 2.24) is 5.32 Å². The Bertz CT molecular complexity index is 316. The van der Waals surface area contributed by atoms with Crippen molar-refractivity contribution in [2.75, 3.05) is 6.54 Å². The van der Waals surface area contributed by atoms with E-state index in [1.807, 2.05) is 13.0 Å². The largest absolute Gasteiger partial charge is 0.359 e. The fourth-order valence-corrected chi connectivity index (χ4v) is 1.67. The van der Waals surface area contributed by atoms with Gasteiger partial charge >= 0.3 is 0 Å². The Morgan fingerprint density at radius 2 is 2.43 bits per heavy atom. The molecule has 0 amide bonds. The summed E-state index contributed by atoms with van der Waals surface area (Å²) in [5.41, 5.74) is 0.969. The molecule has 2 rings (SSSR count). The summed E-state index contributed by atoms with van der Waals surface area (Å²) in [6, 6.07) is 6.64. The Morgan fingerprint density at radius 3 is 3.07 bits per heavy atom. The highest BCUT2D eigenvalue weighted by Gasteiger charge is 2.20. The molecular formula is C11H14FNO. The first kappa shape index (κ1) is 9.62. The van der Waals surface area contributed by atoms with Crippen LogP contribution in [-0.4, -0.2) is 18.9 Å². The van der Waals surface area contributed by atoms with Crippen molar-refractivity contribution in [3.05, 3.63) is 35.6 Å². The summed E-state index contributed by atoms with van der Waals surface area (Å²) in [7, 11) is 0. The zero-order valence-electron chi connectivity index (χ0n) is 8.16. The predicted molar refractivity (Wildman–Crippen MR) is 52.4 cm³/mol. The average Bonchev–Trinajstić information content (AvgIpc) is 2.51. The molecule has 76 valence electrons. The Labute approximate surface area is 83.1 Å². The molecule has 1 fully saturated rings. The Morgan fingerprint density at radius 1 is 1.57 bits per heavy atom. The number of ether oxygens (including phenoxy) is 1. The summed E-state index contributed by atoms with van der Waals surface area (Å²) in [4.78, 5) is 0. The topological polar surface area (TPSA) is 21.3 Å².